The highest BCUT2D eigenvalue weighted by atomic mass is 32.2. The maximum Gasteiger partial charge on any atom is 0.321 e. The van der Waals surface area contributed by atoms with Gasteiger partial charge in [-0.15, -0.1) is 0 Å². The molecule has 0 bridgehead atoms. The van der Waals surface area contributed by atoms with E-state index >= 15 is 0 Å². The molecule has 1 aliphatic heterocycles. The number of carbonyl (C=O) groups excluding carboxylic acids is 1. The molecule has 1 aromatic carbocycles. The summed E-state index contributed by atoms with van der Waals surface area (Å²) in [6.07, 6.45) is 1.53. The lowest BCUT2D eigenvalue weighted by atomic mass is 10.1. The molecule has 0 spiro atoms. The normalized spacial score (nSPS) is 15.0. The van der Waals surface area contributed by atoms with Gasteiger partial charge in [0, 0.05) is 30.5 Å². The Morgan fingerprint density at radius 1 is 1.23 bits per heavy atom. The first kappa shape index (κ1) is 14.5. The summed E-state index contributed by atoms with van der Waals surface area (Å²) in [6, 6.07) is 9.11. The van der Waals surface area contributed by atoms with Crippen molar-refractivity contribution in [2.45, 2.75) is 4.90 Å². The number of aromatic nitrogens is 1. The summed E-state index contributed by atoms with van der Waals surface area (Å²) in [7, 11) is -4.39. The average Bonchev–Trinajstić information content (AvgIpc) is 2.93. The number of carbonyl (C=O) groups is 1. The minimum absolute atomic E-state index is 0.241. The van der Waals surface area contributed by atoms with Crippen molar-refractivity contribution in [3.63, 3.8) is 0 Å². The summed E-state index contributed by atoms with van der Waals surface area (Å²) >= 11 is 0. The van der Waals surface area contributed by atoms with Gasteiger partial charge < -0.3 is 5.32 Å². The molecule has 2 N–H and O–H groups in total. The van der Waals surface area contributed by atoms with Crippen LogP contribution in [0.15, 0.2) is 47.5 Å². The molecule has 114 valence electrons. The molecular formula is C14H13N3O4S. The first-order valence-corrected chi connectivity index (χ1v) is 7.99. The van der Waals surface area contributed by atoms with Crippen molar-refractivity contribution in [2.75, 3.05) is 18.0 Å². The van der Waals surface area contributed by atoms with Crippen molar-refractivity contribution >= 4 is 21.8 Å². The third-order valence-electron chi connectivity index (χ3n) is 3.35. The van der Waals surface area contributed by atoms with Gasteiger partial charge in [0.2, 0.25) is 0 Å². The first-order chi connectivity index (χ1) is 10.5. The highest BCUT2D eigenvalue weighted by Crippen LogP contribution is 2.30. The summed E-state index contributed by atoms with van der Waals surface area (Å²) in [5, 5.41) is 2.68. The molecule has 2 aromatic rings. The van der Waals surface area contributed by atoms with Gasteiger partial charge in [-0.2, -0.15) is 8.42 Å². The summed E-state index contributed by atoms with van der Waals surface area (Å²) in [6.45, 7) is 1.02. The van der Waals surface area contributed by atoms with E-state index in [4.69, 9.17) is 0 Å². The minimum Gasteiger partial charge on any atom is -0.336 e. The van der Waals surface area contributed by atoms with E-state index in [1.54, 1.807) is 18.2 Å². The third kappa shape index (κ3) is 2.66. The van der Waals surface area contributed by atoms with Gasteiger partial charge in [0.15, 0.2) is 0 Å². The van der Waals surface area contributed by atoms with Gasteiger partial charge in [-0.1, -0.05) is 6.07 Å². The smallest absolute Gasteiger partial charge is 0.321 e. The lowest BCUT2D eigenvalue weighted by Crippen LogP contribution is -2.27. The number of nitrogens with zero attached hydrogens (tertiary/aromatic N) is 2. The van der Waals surface area contributed by atoms with E-state index in [9.17, 15) is 17.8 Å². The monoisotopic (exact) mass is 319 g/mol. The Bertz CT molecular complexity index is 821. The van der Waals surface area contributed by atoms with Crippen LogP contribution in [0.4, 0.5) is 10.5 Å². The van der Waals surface area contributed by atoms with Gasteiger partial charge in [0.1, 0.15) is 4.90 Å². The second-order valence-corrected chi connectivity index (χ2v) is 6.14. The predicted octanol–water partition coefficient (Wildman–Crippen LogP) is 1.52. The lowest BCUT2D eigenvalue weighted by molar-refractivity contribution is 0.252. The molecule has 1 aliphatic rings. The van der Waals surface area contributed by atoms with E-state index in [1.165, 1.54) is 29.3 Å². The molecule has 1 fully saturated rings. The standard InChI is InChI=1S/C14H13N3O4S/c18-14-16-7-8-17(14)10-4-5-13(22(19,20)21)11(9-10)12-3-1-2-6-15-12/h1-6,9H,7-8H2,(H,16,18)(H,19,20,21). The molecule has 0 atom stereocenters. The number of hydrogen-bond acceptors (Lipinski definition) is 4. The van der Waals surface area contributed by atoms with E-state index in [0.29, 0.717) is 24.5 Å². The zero-order valence-corrected chi connectivity index (χ0v) is 12.2. The lowest BCUT2D eigenvalue weighted by Gasteiger charge is -2.16. The zero-order chi connectivity index (χ0) is 15.7. The Balaban J connectivity index is 2.17. The predicted molar refractivity (Wildman–Crippen MR) is 80.2 cm³/mol. The van der Waals surface area contributed by atoms with Crippen molar-refractivity contribution in [1.29, 1.82) is 0 Å². The van der Waals surface area contributed by atoms with E-state index in [2.05, 4.69) is 10.3 Å². The maximum atomic E-state index is 11.7. The van der Waals surface area contributed by atoms with Gasteiger partial charge in [-0.05, 0) is 30.3 Å². The number of urea groups is 1. The number of rotatable bonds is 3. The van der Waals surface area contributed by atoms with Crippen LogP contribution < -0.4 is 10.2 Å². The van der Waals surface area contributed by atoms with E-state index in [-0.39, 0.29) is 16.5 Å². The number of anilines is 1. The SMILES string of the molecule is O=C1NCCN1c1ccc(S(=O)(=O)O)c(-c2ccccn2)c1. The number of hydrogen-bond donors (Lipinski definition) is 2. The van der Waals surface area contributed by atoms with Crippen LogP contribution >= 0.6 is 0 Å². The molecule has 1 aromatic heterocycles. The van der Waals surface area contributed by atoms with Crippen LogP contribution in [0.3, 0.4) is 0 Å². The highest BCUT2D eigenvalue weighted by Gasteiger charge is 2.24. The minimum atomic E-state index is -4.39. The number of benzene rings is 1. The number of amides is 2. The molecule has 0 aliphatic carbocycles. The van der Waals surface area contributed by atoms with Crippen LogP contribution in [0, 0.1) is 0 Å². The number of pyridine rings is 1. The fourth-order valence-corrected chi connectivity index (χ4v) is 3.03. The van der Waals surface area contributed by atoms with Crippen molar-refractivity contribution in [3.8, 4) is 11.3 Å². The fraction of sp³-hybridized carbons (Fsp3) is 0.143. The average molecular weight is 319 g/mol. The Labute approximate surface area is 127 Å². The molecule has 1 saturated heterocycles. The molecular weight excluding hydrogens is 306 g/mol. The second-order valence-electron chi connectivity index (χ2n) is 4.75. The first-order valence-electron chi connectivity index (χ1n) is 6.55. The largest absolute Gasteiger partial charge is 0.336 e. The van der Waals surface area contributed by atoms with Crippen molar-refractivity contribution in [1.82, 2.24) is 10.3 Å². The summed E-state index contributed by atoms with van der Waals surface area (Å²) in [5.41, 5.74) is 1.19. The molecule has 8 heteroatoms. The van der Waals surface area contributed by atoms with Crippen LogP contribution in [0.2, 0.25) is 0 Å². The van der Waals surface area contributed by atoms with Crippen LogP contribution in [0.1, 0.15) is 0 Å². The second kappa shape index (κ2) is 5.39. The molecule has 0 unspecified atom stereocenters. The molecule has 2 heterocycles. The molecule has 7 nitrogen and oxygen atoms in total. The van der Waals surface area contributed by atoms with Gasteiger partial charge in [0.25, 0.3) is 10.1 Å². The summed E-state index contributed by atoms with van der Waals surface area (Å²) in [5.74, 6) is 0. The van der Waals surface area contributed by atoms with Crippen molar-refractivity contribution < 1.29 is 17.8 Å². The van der Waals surface area contributed by atoms with Gasteiger partial charge in [-0.3, -0.25) is 14.4 Å². The molecule has 0 radical (unpaired) electrons. The highest BCUT2D eigenvalue weighted by molar-refractivity contribution is 7.86. The molecule has 22 heavy (non-hydrogen) atoms. The quantitative estimate of drug-likeness (QED) is 0.836. The van der Waals surface area contributed by atoms with Crippen LogP contribution in [-0.4, -0.2) is 37.1 Å². The number of nitrogens with one attached hydrogen (secondary N) is 1. The molecule has 3 rings (SSSR count). The van der Waals surface area contributed by atoms with Crippen LogP contribution in [-0.2, 0) is 10.1 Å². The Kier molecular flexibility index (Phi) is 3.55. The van der Waals surface area contributed by atoms with Crippen LogP contribution in [0.5, 0.6) is 0 Å². The van der Waals surface area contributed by atoms with Gasteiger partial charge in [0.05, 0.1) is 5.69 Å². The Hall–Kier alpha value is -2.45. The molecule has 0 saturated carbocycles. The van der Waals surface area contributed by atoms with Gasteiger partial charge in [-0.25, -0.2) is 4.79 Å². The van der Waals surface area contributed by atoms with E-state index in [0.717, 1.165) is 0 Å². The maximum absolute atomic E-state index is 11.7. The van der Waals surface area contributed by atoms with Crippen molar-refractivity contribution in [2.24, 2.45) is 0 Å². The Morgan fingerprint density at radius 2 is 2.05 bits per heavy atom. The fourth-order valence-electron chi connectivity index (χ4n) is 2.35. The third-order valence-corrected chi connectivity index (χ3v) is 4.26. The Morgan fingerprint density at radius 3 is 2.64 bits per heavy atom. The van der Waals surface area contributed by atoms with E-state index < -0.39 is 10.1 Å². The topological polar surface area (TPSA) is 99.6 Å². The van der Waals surface area contributed by atoms with Gasteiger partial charge >= 0.3 is 6.03 Å². The van der Waals surface area contributed by atoms with E-state index in [1.807, 2.05) is 0 Å². The van der Waals surface area contributed by atoms with Crippen LogP contribution in [0.25, 0.3) is 11.3 Å². The zero-order valence-electron chi connectivity index (χ0n) is 11.4. The summed E-state index contributed by atoms with van der Waals surface area (Å²) in [4.78, 5) is 17.1. The molecule has 2 amide bonds. The van der Waals surface area contributed by atoms with Crippen molar-refractivity contribution in [3.05, 3.63) is 42.6 Å². The summed E-state index contributed by atoms with van der Waals surface area (Å²) < 4.78 is 32.5.